The molecule has 0 fully saturated rings. The third-order valence-corrected chi connectivity index (χ3v) is 9.48. The van der Waals surface area contributed by atoms with Crippen molar-refractivity contribution < 1.29 is 421 Å². The van der Waals surface area contributed by atoms with Crippen LogP contribution in [0.1, 0.15) is 10.4 Å². The molecule has 63 heteroatoms. The van der Waals surface area contributed by atoms with Gasteiger partial charge in [0.1, 0.15) is 5.39 Å². The first-order valence-electron chi connectivity index (χ1n) is 20.7. The van der Waals surface area contributed by atoms with Crippen molar-refractivity contribution in [1.82, 2.24) is 34.6 Å². The number of nitrogens with zero attached hydrogens (tertiary/aromatic N) is 8. The predicted octanol–water partition coefficient (Wildman–Crippen LogP) is -4.79. The maximum Gasteiger partial charge on any atom is 1.00 e. The first kappa shape index (κ1) is 117. The number of carbonyl (C=O) groups is 1. The van der Waals surface area contributed by atoms with Crippen LogP contribution < -0.4 is 221 Å². The van der Waals surface area contributed by atoms with Crippen LogP contribution in [0.2, 0.25) is 0 Å². The van der Waals surface area contributed by atoms with Gasteiger partial charge in [0.2, 0.25) is 22.7 Å². The number of carbonyl (C=O) groups excluding carboxylic acids is 1. The van der Waals surface area contributed by atoms with Crippen LogP contribution in [-0.4, -0.2) is 204 Å². The molecule has 548 valence electrons. The van der Waals surface area contributed by atoms with Gasteiger partial charge in [0.15, 0.2) is 22.5 Å². The van der Waals surface area contributed by atoms with E-state index in [9.17, 15) is 141 Å². The van der Waals surface area contributed by atoms with Gasteiger partial charge in [-0.3, -0.25) is 40.9 Å². The Morgan fingerprint density at radius 2 is 0.701 bits per heavy atom. The first-order valence-corrected chi connectivity index (χ1v) is 24.8. The van der Waals surface area contributed by atoms with Gasteiger partial charge in [-0.2, -0.15) is 120 Å². The fourth-order valence-corrected chi connectivity index (χ4v) is 5.16. The Morgan fingerprint density at radius 1 is 0.443 bits per heavy atom. The number of rotatable bonds is 15. The van der Waals surface area contributed by atoms with Crippen LogP contribution in [0.3, 0.4) is 0 Å². The summed E-state index contributed by atoms with van der Waals surface area (Å²) in [6.45, 7) is 0. The fraction of sp³-hybridized carbons (Fsp3) is 0.441. The van der Waals surface area contributed by atoms with E-state index in [1.54, 1.807) is 52.5 Å². The Bertz CT molecular complexity index is 2570. The van der Waals surface area contributed by atoms with Crippen LogP contribution in [0, 0.1) is 0 Å². The Labute approximate surface area is 705 Å². The molecule has 0 saturated heterocycles. The molecule has 3 rings (SSSR count). The number of hydroxylamine groups is 10. The van der Waals surface area contributed by atoms with E-state index in [2.05, 4.69) is 27.3 Å². The molecule has 0 aliphatic carbocycles. The molecule has 0 aliphatic heterocycles. The van der Waals surface area contributed by atoms with Crippen molar-refractivity contribution in [2.24, 2.45) is 0 Å². The molecule has 8 N–H and O–H groups in total. The molecule has 3 aromatic carbocycles. The number of anilines is 2. The van der Waals surface area contributed by atoms with E-state index in [1.807, 2.05) is 66.7 Å². The minimum atomic E-state index is -8.65. The van der Waals surface area contributed by atoms with Crippen LogP contribution >= 0.6 is 24.6 Å². The number of alkyl halides is 24. The Morgan fingerprint density at radius 3 is 0.897 bits per heavy atom. The quantitative estimate of drug-likeness (QED) is 0.00605. The second-order valence-corrected chi connectivity index (χ2v) is 18.2. The second kappa shape index (κ2) is 51.7. The van der Waals surface area contributed by atoms with Gasteiger partial charge in [0.25, 0.3) is 5.91 Å². The van der Waals surface area contributed by atoms with E-state index >= 15 is 0 Å². The van der Waals surface area contributed by atoms with Gasteiger partial charge in [0.05, 0.1) is 11.4 Å². The number of para-hydroxylation sites is 2. The van der Waals surface area contributed by atoms with Crippen LogP contribution in [-0.2, 0) is 48.0 Å². The zero-order valence-corrected chi connectivity index (χ0v) is 64.4. The molecule has 0 bridgehead atoms. The molecule has 0 heterocycles. The zero-order valence-electron chi connectivity index (χ0n) is 48.6. The molecule has 0 aromatic heterocycles. The average molecular weight is 1670 g/mol. The topological polar surface area (TPSA) is 421 Å². The minimum absolute atomic E-state index is 0. The van der Waals surface area contributed by atoms with Gasteiger partial charge in [-0.15, -0.1) is 18.0 Å². The molecule has 31 nitrogen and oxygen atoms in total. The number of amides is 1. The first-order chi connectivity index (χ1) is 41.3. The van der Waals surface area contributed by atoms with Crippen molar-refractivity contribution in [2.75, 3.05) is 40.3 Å². The van der Waals surface area contributed by atoms with Gasteiger partial charge in [-0.1, -0.05) is 54.6 Å². The Kier molecular flexibility index (Phi) is 62.2. The smallest absolute Gasteiger partial charge is 0.733 e. The fourth-order valence-electron chi connectivity index (χ4n) is 4.35. The van der Waals surface area contributed by atoms with Crippen molar-refractivity contribution in [1.29, 1.82) is 0 Å². The summed E-state index contributed by atoms with van der Waals surface area (Å²) in [5.41, 5.74) is -15.3. The average Bonchev–Trinajstić information content (AvgIpc) is 0.677. The predicted molar refractivity (Wildman–Crippen MR) is 238 cm³/mol. The SMILES string of the molecule is CN(C)O.CN(C)O.CN(O)C(=O)c1ccccc1.O=S(=O)([O-])N(O)SOO[O-].O=S(=O)([O-])ON(O)OSOO[O-].ON(C(C(F)(F)F)(C(F)(F)F)C(F)(F)F)C(C(F)(F)F)(C(F)(F)F)C(F)(F)F.ON(C(F)(F)F)C(F)(F)F.ON(c1ccccc1)c1ccccc1.[K+].[K+].[K+].[K+]. The largest absolute Gasteiger partial charge is 1.00 e. The van der Waals surface area contributed by atoms with E-state index in [-0.39, 0.29) is 218 Å². The third kappa shape index (κ3) is 45.6. The number of halogens is 24. The number of benzene rings is 3. The standard InChI is InChI=1S/C12H11NO.C8HF18NO.C8H9NO2.C2HF6NO.2C2H7NO.4K.H3NO9S2.H3NO7S2/c14-13(11-7-3-1-4-8-11)12-9-5-2-6-10-12;9-3(10,11)1(4(12,13)14,5(15,16)17)27(28)2(6(18,19)20,7(21,22)23)8(24,25)26;1-9(11)8(10)7-5-3-2-4-6-7;3-1(4,5)9(10)2(6,7)8;2*1-3(2)4;;;;;2-1(7-11-10-9-3)8-12(4,5)6;2-1(9-8-7-3)10(4,5)6/h1-10,14H;28H;2-6,11H,1H3;10H;2*4H,1-2H3;;;;;2-3H,(H,4,5,6);2-3H,(H,4,5,6)/q;;;;;;4*+1;;/p-4. The van der Waals surface area contributed by atoms with Crippen molar-refractivity contribution in [3.8, 4) is 0 Å². The number of hydrogen-bond acceptors (Lipinski definition) is 31. The summed E-state index contributed by atoms with van der Waals surface area (Å²) in [7, 11) is -2.64. The summed E-state index contributed by atoms with van der Waals surface area (Å²) in [5, 5.41) is 85.0. The van der Waals surface area contributed by atoms with Crippen molar-refractivity contribution >= 4 is 62.5 Å². The zero-order chi connectivity index (χ0) is 75.2. The van der Waals surface area contributed by atoms with Crippen molar-refractivity contribution in [3.05, 3.63) is 96.6 Å². The molecule has 97 heavy (non-hydrogen) atoms. The molecule has 0 aliphatic rings. The Balaban J connectivity index is -0.000000138. The summed E-state index contributed by atoms with van der Waals surface area (Å²) >= 11 is -0.748. The summed E-state index contributed by atoms with van der Waals surface area (Å²) < 4.78 is 362. The van der Waals surface area contributed by atoms with Crippen LogP contribution in [0.25, 0.3) is 0 Å². The molecule has 0 atom stereocenters. The maximum atomic E-state index is 12.6. The maximum absolute atomic E-state index is 12.6. The molecule has 1 amide bonds. The van der Waals surface area contributed by atoms with Gasteiger partial charge in [-0.05, 0) is 40.3 Å². The molecule has 0 spiro atoms. The van der Waals surface area contributed by atoms with Gasteiger partial charge < -0.3 is 35.2 Å². The van der Waals surface area contributed by atoms with Crippen molar-refractivity contribution in [2.45, 2.75) is 60.7 Å². The van der Waals surface area contributed by atoms with E-state index in [1.165, 1.54) is 12.1 Å². The third-order valence-electron chi connectivity index (χ3n) is 7.51. The van der Waals surface area contributed by atoms with Gasteiger partial charge >= 0.3 is 266 Å². The molecule has 0 saturated carbocycles. The molecular formula is C34H38F24K4N8O23S4. The molecule has 0 unspecified atom stereocenters. The van der Waals surface area contributed by atoms with Crippen LogP contribution in [0.4, 0.5) is 117 Å². The van der Waals surface area contributed by atoms with Crippen molar-refractivity contribution in [3.63, 3.8) is 0 Å². The van der Waals surface area contributed by atoms with E-state index in [0.717, 1.165) is 21.5 Å². The minimum Gasteiger partial charge on any atom is -0.733 e. The molecule has 3 aromatic rings. The monoisotopic (exact) mass is 1670 g/mol. The van der Waals surface area contributed by atoms with Crippen LogP contribution in [0.15, 0.2) is 91.0 Å². The summed E-state index contributed by atoms with van der Waals surface area (Å²) in [4.78, 5) is 11.0. The molecular weight excluding hydrogens is 1630 g/mol. The summed E-state index contributed by atoms with van der Waals surface area (Å²) in [6, 6.07) is 27.4. The summed E-state index contributed by atoms with van der Waals surface area (Å²) in [5.74, 6) is -0.398. The second-order valence-electron chi connectivity index (χ2n) is 14.7. The summed E-state index contributed by atoms with van der Waals surface area (Å²) in [6.07, 6.45) is -62.1. The van der Waals surface area contributed by atoms with Gasteiger partial charge in [-0.25, -0.2) is 27.0 Å². The van der Waals surface area contributed by atoms with E-state index in [4.69, 9.17) is 47.0 Å². The molecule has 0 radical (unpaired) electrons. The number of hydrogen-bond donors (Lipinski definition) is 8. The van der Waals surface area contributed by atoms with E-state index < -0.39 is 119 Å². The van der Waals surface area contributed by atoms with Crippen LogP contribution in [0.5, 0.6) is 0 Å². The normalized spacial score (nSPS) is 12.3. The Hall–Kier alpha value is 1.44. The van der Waals surface area contributed by atoms with E-state index in [0.29, 0.717) is 10.6 Å². The van der Waals surface area contributed by atoms with Gasteiger partial charge in [0, 0.05) is 45.9 Å².